The third-order valence-electron chi connectivity index (χ3n) is 11.7. The van der Waals surface area contributed by atoms with Crippen LogP contribution in [0, 0.1) is 0 Å². The number of methoxy groups -OCH3 is 1. The minimum absolute atomic E-state index is 0.0229. The predicted molar refractivity (Wildman–Crippen MR) is 261 cm³/mol. The van der Waals surface area contributed by atoms with Crippen LogP contribution < -0.4 is 46.8 Å². The number of halogens is 1. The van der Waals surface area contributed by atoms with Crippen LogP contribution in [0.3, 0.4) is 0 Å². The quantitative estimate of drug-likeness (QED) is 0.0335. The van der Waals surface area contributed by atoms with Crippen molar-refractivity contribution < 1.29 is 28.5 Å². The number of imide groups is 1. The number of nitrogens with one attached hydrogen (secondary N) is 7. The Morgan fingerprint density at radius 2 is 1.70 bits per heavy atom. The second-order valence-electron chi connectivity index (χ2n) is 16.6. The number of aryl methyl sites for hydroxylation is 1. The van der Waals surface area contributed by atoms with Gasteiger partial charge in [0.2, 0.25) is 17.8 Å². The number of ether oxygens (including phenoxy) is 1. The first kappa shape index (κ1) is 46.8. The number of H-pyrrole nitrogens is 1. The summed E-state index contributed by atoms with van der Waals surface area (Å²) < 4.78 is 20.0. The number of hydrogen-bond acceptors (Lipinski definition) is 15. The number of anilines is 6. The van der Waals surface area contributed by atoms with Crippen LogP contribution in [0.15, 0.2) is 77.8 Å². The standard InChI is InChI=1S/C46H51BrN13O6P/c1-5-26-22-34(57-46-53-24-31(47)41(59-46)55-33-12-11-32-39(50-18-17-49-32)40(33)67(3,4)65)37(66-2)23-36(26)60-20-14-28(15-21-60)48-16-19-51-45(64)42-52-25-35(56-42)44(63)54-29-8-6-27(7-9-29)30-10-13-38(61)58-43(30)62/h6-9,11-12,17-18,22-25,28,30,48H,5,10,13-16,19-21H2,1-4H3,(H,51,64)(H,52,56)(H,54,63)(H,58,61,62)(H2,53,55,57,59). The fourth-order valence-corrected chi connectivity index (χ4v) is 9.99. The summed E-state index contributed by atoms with van der Waals surface area (Å²) in [7, 11) is -1.16. The molecule has 0 bridgehead atoms. The van der Waals surface area contributed by atoms with E-state index in [1.54, 1.807) is 63.3 Å². The average molecular weight is 993 g/mol. The van der Waals surface area contributed by atoms with Crippen molar-refractivity contribution >= 4 is 97.6 Å². The fraction of sp³-hybridized carbons (Fsp3) is 0.326. The van der Waals surface area contributed by atoms with E-state index in [-0.39, 0.29) is 35.8 Å². The van der Waals surface area contributed by atoms with Crippen molar-refractivity contribution in [2.45, 2.75) is 51.0 Å². The van der Waals surface area contributed by atoms with E-state index in [9.17, 15) is 23.7 Å². The number of piperidine rings is 2. The van der Waals surface area contributed by atoms with Gasteiger partial charge in [0.05, 0.1) is 39.7 Å². The van der Waals surface area contributed by atoms with Crippen LogP contribution in [0.2, 0.25) is 0 Å². The number of hydrogen-bond donors (Lipinski definition) is 7. The maximum Gasteiger partial charge on any atom is 0.287 e. The van der Waals surface area contributed by atoms with Crippen molar-refractivity contribution in [3.05, 3.63) is 100 Å². The van der Waals surface area contributed by atoms with Crippen LogP contribution in [0.4, 0.5) is 34.5 Å². The Kier molecular flexibility index (Phi) is 14.2. The Labute approximate surface area is 395 Å². The molecule has 6 aromatic rings. The zero-order chi connectivity index (χ0) is 47.2. The molecule has 5 heterocycles. The van der Waals surface area contributed by atoms with Gasteiger partial charge in [0.25, 0.3) is 11.8 Å². The normalized spacial score (nSPS) is 15.5. The summed E-state index contributed by atoms with van der Waals surface area (Å²) >= 11 is 3.57. The Morgan fingerprint density at radius 3 is 2.43 bits per heavy atom. The molecular weight excluding hydrogens is 941 g/mol. The van der Waals surface area contributed by atoms with Gasteiger partial charge in [0.1, 0.15) is 29.9 Å². The molecule has 2 saturated heterocycles. The van der Waals surface area contributed by atoms with Crippen LogP contribution in [-0.4, -0.2) is 106 Å². The highest BCUT2D eigenvalue weighted by Gasteiger charge is 2.28. The highest BCUT2D eigenvalue weighted by Crippen LogP contribution is 2.42. The van der Waals surface area contributed by atoms with Crippen molar-refractivity contribution in [3.63, 3.8) is 0 Å². The molecular formula is C46H51BrN13O6P. The smallest absolute Gasteiger partial charge is 0.287 e. The summed E-state index contributed by atoms with van der Waals surface area (Å²) in [4.78, 5) is 77.0. The van der Waals surface area contributed by atoms with E-state index in [1.807, 2.05) is 12.1 Å². The lowest BCUT2D eigenvalue weighted by Gasteiger charge is -2.35. The number of nitrogens with zero attached hydrogens (tertiary/aromatic N) is 6. The number of rotatable bonds is 16. The molecule has 0 saturated carbocycles. The molecule has 19 nitrogen and oxygen atoms in total. The average Bonchev–Trinajstić information content (AvgIpc) is 3.83. The predicted octanol–water partition coefficient (Wildman–Crippen LogP) is 5.97. The van der Waals surface area contributed by atoms with Crippen molar-refractivity contribution in [1.82, 2.24) is 45.9 Å². The lowest BCUT2D eigenvalue weighted by molar-refractivity contribution is -0.134. The van der Waals surface area contributed by atoms with Crippen LogP contribution >= 0.6 is 23.1 Å². The third-order valence-corrected chi connectivity index (χ3v) is 13.8. The minimum Gasteiger partial charge on any atom is -0.494 e. The largest absolute Gasteiger partial charge is 0.494 e. The molecule has 2 aliphatic heterocycles. The Hall–Kier alpha value is -6.76. The molecule has 3 aromatic heterocycles. The van der Waals surface area contributed by atoms with Crippen molar-refractivity contribution in [1.29, 1.82) is 0 Å². The van der Waals surface area contributed by atoms with Gasteiger partial charge in [-0.3, -0.25) is 34.5 Å². The minimum atomic E-state index is -2.79. The maximum absolute atomic E-state index is 13.5. The monoisotopic (exact) mass is 991 g/mol. The third kappa shape index (κ3) is 10.9. The molecule has 0 spiro atoms. The van der Waals surface area contributed by atoms with E-state index >= 15 is 0 Å². The molecule has 3 aromatic carbocycles. The summed E-state index contributed by atoms with van der Waals surface area (Å²) in [6.07, 6.45) is 9.52. The Morgan fingerprint density at radius 1 is 0.925 bits per heavy atom. The number of carbonyl (C=O) groups excluding carboxylic acids is 4. The molecule has 21 heteroatoms. The first-order valence-corrected chi connectivity index (χ1v) is 25.3. The molecule has 1 unspecified atom stereocenters. The molecule has 2 aliphatic rings. The van der Waals surface area contributed by atoms with Gasteiger partial charge in [-0.2, -0.15) is 4.98 Å². The van der Waals surface area contributed by atoms with Gasteiger partial charge in [-0.1, -0.05) is 19.1 Å². The Balaban J connectivity index is 0.816. The van der Waals surface area contributed by atoms with Crippen molar-refractivity contribution in [2.75, 3.05) is 67.5 Å². The zero-order valence-corrected chi connectivity index (χ0v) is 39.9. The molecule has 67 heavy (non-hydrogen) atoms. The summed E-state index contributed by atoms with van der Waals surface area (Å²) in [6.45, 7) is 8.10. The number of aromatic amines is 1. The summed E-state index contributed by atoms with van der Waals surface area (Å²) in [5.74, 6) is -0.471. The van der Waals surface area contributed by atoms with Gasteiger partial charge >= 0.3 is 0 Å². The molecule has 2 fully saturated rings. The summed E-state index contributed by atoms with van der Waals surface area (Å²) in [6, 6.07) is 14.9. The highest BCUT2D eigenvalue weighted by atomic mass is 79.9. The van der Waals surface area contributed by atoms with Gasteiger partial charge in [-0.15, -0.1) is 0 Å². The highest BCUT2D eigenvalue weighted by molar-refractivity contribution is 9.10. The van der Waals surface area contributed by atoms with Crippen LogP contribution in [-0.2, 0) is 20.6 Å². The SMILES string of the molecule is CCc1cc(Nc2ncc(Br)c(Nc3ccc4nccnc4c3P(C)(C)=O)n2)c(OC)cc1N1CCC(NCCNC(=O)c2nc(C(=O)Nc3ccc(C4CCC(=O)NC4=O)cc3)c[nH]2)CC1. The number of benzene rings is 3. The number of aromatic nitrogens is 6. The number of imidazole rings is 1. The number of fused-ring (bicyclic) bond motifs is 1. The van der Waals surface area contributed by atoms with E-state index in [0.717, 1.165) is 49.2 Å². The Bertz CT molecular complexity index is 2880. The van der Waals surface area contributed by atoms with Gasteiger partial charge in [-0.25, -0.2) is 9.97 Å². The van der Waals surface area contributed by atoms with Crippen LogP contribution in [0.1, 0.15) is 70.8 Å². The fourth-order valence-electron chi connectivity index (χ4n) is 8.31. The van der Waals surface area contributed by atoms with E-state index in [0.29, 0.717) is 74.9 Å². The van der Waals surface area contributed by atoms with E-state index in [2.05, 4.69) is 96.7 Å². The topological polar surface area (TPSA) is 250 Å². The maximum atomic E-state index is 13.5. The van der Waals surface area contributed by atoms with E-state index in [4.69, 9.17) is 9.72 Å². The zero-order valence-electron chi connectivity index (χ0n) is 37.4. The lowest BCUT2D eigenvalue weighted by Crippen LogP contribution is -2.45. The number of carbonyl (C=O) groups is 4. The van der Waals surface area contributed by atoms with Gasteiger partial charge in [0, 0.05) is 80.9 Å². The first-order valence-electron chi connectivity index (χ1n) is 21.9. The van der Waals surface area contributed by atoms with Crippen LogP contribution in [0.5, 0.6) is 5.75 Å². The molecule has 0 radical (unpaired) electrons. The summed E-state index contributed by atoms with van der Waals surface area (Å²) in [5.41, 5.74) is 6.10. The number of amides is 4. The second-order valence-corrected chi connectivity index (χ2v) is 20.6. The van der Waals surface area contributed by atoms with E-state index in [1.165, 1.54) is 6.20 Å². The molecule has 4 amide bonds. The molecule has 1 atom stereocenters. The molecule has 348 valence electrons. The lowest BCUT2D eigenvalue weighted by atomic mass is 9.90. The van der Waals surface area contributed by atoms with Crippen molar-refractivity contribution in [2.24, 2.45) is 0 Å². The molecule has 0 aliphatic carbocycles. The first-order chi connectivity index (χ1) is 32.3. The van der Waals surface area contributed by atoms with Gasteiger partial charge in [-0.05, 0) is 96.4 Å². The van der Waals surface area contributed by atoms with Gasteiger partial charge < -0.3 is 45.8 Å². The van der Waals surface area contributed by atoms with E-state index < -0.39 is 24.9 Å². The van der Waals surface area contributed by atoms with Gasteiger partial charge in [0.15, 0.2) is 5.82 Å². The van der Waals surface area contributed by atoms with Crippen LogP contribution in [0.25, 0.3) is 11.0 Å². The second kappa shape index (κ2) is 20.4. The molecule has 8 rings (SSSR count). The van der Waals surface area contributed by atoms with Crippen molar-refractivity contribution in [3.8, 4) is 5.75 Å². The molecule has 7 N–H and O–H groups in total. The summed E-state index contributed by atoms with van der Waals surface area (Å²) in [5, 5.41) is 18.8.